The van der Waals surface area contributed by atoms with Crippen molar-refractivity contribution in [2.24, 2.45) is 0 Å². The minimum absolute atomic E-state index is 0.0247. The van der Waals surface area contributed by atoms with E-state index in [0.29, 0.717) is 44.0 Å². The summed E-state index contributed by atoms with van der Waals surface area (Å²) in [5.41, 5.74) is 6.08. The fourth-order valence-corrected chi connectivity index (χ4v) is 7.94. The highest BCUT2D eigenvalue weighted by Gasteiger charge is 2.31. The Morgan fingerprint density at radius 1 is 0.978 bits per heavy atom. The van der Waals surface area contributed by atoms with E-state index in [4.69, 9.17) is 0 Å². The Hall–Kier alpha value is -3.90. The third-order valence-corrected chi connectivity index (χ3v) is 10.5. The number of hydrogen-bond donors (Lipinski definition) is 1. The molecule has 0 bridgehead atoms. The van der Waals surface area contributed by atoms with Crippen LogP contribution in [0.3, 0.4) is 0 Å². The number of piperazine rings is 1. The molecular formula is C34H41N7O3S. The molecule has 45 heavy (non-hydrogen) atoms. The van der Waals surface area contributed by atoms with Gasteiger partial charge in [-0.05, 0) is 74.5 Å². The van der Waals surface area contributed by atoms with Crippen LogP contribution in [0.15, 0.2) is 71.9 Å². The second-order valence-corrected chi connectivity index (χ2v) is 14.3. The number of hydrogen-bond acceptors (Lipinski definition) is 8. The lowest BCUT2D eigenvalue weighted by molar-refractivity contribution is -0.116. The number of aromatic nitrogens is 2. The standard InChI is InChI=1S/C34H41N7O3S/c1-24(37-34-31-10-6-9-30(33(31)35-23-36-34)27-8-5-7-26(19-27)22-38(3)4)21-39-15-17-40(18-16-39)45(43,44)29-11-12-32-28(20-29)13-14-41(32)25(2)42/h5-12,19-20,23-24H,13-18,21-22H2,1-4H3,(H,35,36,37). The zero-order valence-electron chi connectivity index (χ0n) is 26.4. The molecule has 236 valence electrons. The summed E-state index contributed by atoms with van der Waals surface area (Å²) in [4.78, 5) is 27.6. The van der Waals surface area contributed by atoms with Crippen LogP contribution in [0.2, 0.25) is 0 Å². The van der Waals surface area contributed by atoms with E-state index in [0.717, 1.165) is 52.2 Å². The van der Waals surface area contributed by atoms with Crippen LogP contribution < -0.4 is 10.2 Å². The Labute approximate surface area is 265 Å². The molecule has 0 aliphatic carbocycles. The van der Waals surface area contributed by atoms with Gasteiger partial charge in [0.05, 0.1) is 10.4 Å². The van der Waals surface area contributed by atoms with Crippen molar-refractivity contribution in [2.75, 3.05) is 63.6 Å². The average Bonchev–Trinajstić information content (AvgIpc) is 3.45. The highest BCUT2D eigenvalue weighted by Crippen LogP contribution is 2.32. The van der Waals surface area contributed by atoms with Gasteiger partial charge in [0.1, 0.15) is 12.1 Å². The first-order chi connectivity index (χ1) is 21.6. The van der Waals surface area contributed by atoms with Gasteiger partial charge in [-0.3, -0.25) is 9.69 Å². The van der Waals surface area contributed by atoms with Gasteiger partial charge in [-0.2, -0.15) is 4.31 Å². The van der Waals surface area contributed by atoms with Gasteiger partial charge < -0.3 is 15.1 Å². The highest BCUT2D eigenvalue weighted by atomic mass is 32.2. The number of amides is 1. The van der Waals surface area contributed by atoms with Crippen molar-refractivity contribution in [1.82, 2.24) is 24.1 Å². The van der Waals surface area contributed by atoms with E-state index in [1.54, 1.807) is 33.7 Å². The van der Waals surface area contributed by atoms with Crippen LogP contribution in [0.1, 0.15) is 25.0 Å². The summed E-state index contributed by atoms with van der Waals surface area (Å²) in [5.74, 6) is 0.767. The molecule has 1 amide bonds. The molecule has 2 aliphatic rings. The third kappa shape index (κ3) is 6.57. The largest absolute Gasteiger partial charge is 0.366 e. The van der Waals surface area contributed by atoms with Gasteiger partial charge in [-0.15, -0.1) is 0 Å². The molecule has 11 heteroatoms. The van der Waals surface area contributed by atoms with Crippen molar-refractivity contribution in [1.29, 1.82) is 0 Å². The van der Waals surface area contributed by atoms with Crippen molar-refractivity contribution < 1.29 is 13.2 Å². The van der Waals surface area contributed by atoms with Gasteiger partial charge >= 0.3 is 0 Å². The monoisotopic (exact) mass is 627 g/mol. The molecule has 3 aromatic carbocycles. The Balaban J connectivity index is 1.10. The first-order valence-corrected chi connectivity index (χ1v) is 16.9. The molecule has 10 nitrogen and oxygen atoms in total. The first-order valence-electron chi connectivity index (χ1n) is 15.5. The predicted molar refractivity (Wildman–Crippen MR) is 179 cm³/mol. The number of anilines is 2. The van der Waals surface area contributed by atoms with Crippen molar-refractivity contribution in [3.8, 4) is 11.1 Å². The Kier molecular flexibility index (Phi) is 8.87. The molecule has 1 unspecified atom stereocenters. The molecule has 1 atom stereocenters. The van der Waals surface area contributed by atoms with Gasteiger partial charge in [0.2, 0.25) is 15.9 Å². The van der Waals surface area contributed by atoms with Gasteiger partial charge in [0.15, 0.2) is 0 Å². The molecule has 0 spiro atoms. The number of rotatable bonds is 9. The fourth-order valence-electron chi connectivity index (χ4n) is 6.47. The summed E-state index contributed by atoms with van der Waals surface area (Å²) in [7, 11) is 0.524. The zero-order chi connectivity index (χ0) is 31.7. The van der Waals surface area contributed by atoms with Gasteiger partial charge in [0.25, 0.3) is 0 Å². The number of carbonyl (C=O) groups is 1. The van der Waals surface area contributed by atoms with Gasteiger partial charge in [-0.25, -0.2) is 18.4 Å². The lowest BCUT2D eigenvalue weighted by Crippen LogP contribution is -2.50. The zero-order valence-corrected chi connectivity index (χ0v) is 27.2. The molecule has 0 saturated carbocycles. The van der Waals surface area contributed by atoms with E-state index in [2.05, 4.69) is 88.6 Å². The van der Waals surface area contributed by atoms with Crippen molar-refractivity contribution in [3.63, 3.8) is 0 Å². The van der Waals surface area contributed by atoms with Crippen LogP contribution in [-0.4, -0.2) is 97.8 Å². The van der Waals surface area contributed by atoms with E-state index in [1.807, 2.05) is 0 Å². The van der Waals surface area contributed by atoms with E-state index in [9.17, 15) is 13.2 Å². The van der Waals surface area contributed by atoms with Crippen molar-refractivity contribution >= 4 is 38.3 Å². The number of sulfonamides is 1. The van der Waals surface area contributed by atoms with Crippen molar-refractivity contribution in [2.45, 2.75) is 37.8 Å². The smallest absolute Gasteiger partial charge is 0.243 e. The van der Waals surface area contributed by atoms with Crippen LogP contribution in [0.5, 0.6) is 0 Å². The third-order valence-electron chi connectivity index (χ3n) is 8.61. The number of benzene rings is 3. The van der Waals surface area contributed by atoms with Crippen LogP contribution in [0.4, 0.5) is 11.5 Å². The minimum Gasteiger partial charge on any atom is -0.366 e. The number of nitrogens with zero attached hydrogens (tertiary/aromatic N) is 6. The summed E-state index contributed by atoms with van der Waals surface area (Å²) in [6.07, 6.45) is 2.29. The van der Waals surface area contributed by atoms with E-state index >= 15 is 0 Å². The van der Waals surface area contributed by atoms with E-state index < -0.39 is 10.0 Å². The summed E-state index contributed by atoms with van der Waals surface area (Å²) >= 11 is 0. The average molecular weight is 628 g/mol. The molecule has 6 rings (SSSR count). The van der Waals surface area contributed by atoms with Crippen LogP contribution >= 0.6 is 0 Å². The summed E-state index contributed by atoms with van der Waals surface area (Å²) in [6.45, 7) is 8.03. The SMILES string of the molecule is CC(=O)N1CCc2cc(S(=O)(=O)N3CCN(CC(C)Nc4ncnc5c(-c6cccc(CN(C)C)c6)cccc45)CC3)ccc21. The second-order valence-electron chi connectivity index (χ2n) is 12.3. The maximum Gasteiger partial charge on any atom is 0.243 e. The van der Waals surface area contributed by atoms with Crippen LogP contribution in [0, 0.1) is 0 Å². The summed E-state index contributed by atoms with van der Waals surface area (Å²) in [6, 6.07) is 20.0. The molecule has 1 fully saturated rings. The molecular weight excluding hydrogens is 586 g/mol. The first kappa shape index (κ1) is 31.1. The summed E-state index contributed by atoms with van der Waals surface area (Å²) < 4.78 is 28.6. The number of carbonyl (C=O) groups excluding carboxylic acids is 1. The van der Waals surface area contributed by atoms with E-state index in [-0.39, 0.29) is 11.9 Å². The van der Waals surface area contributed by atoms with Crippen molar-refractivity contribution in [3.05, 3.63) is 78.1 Å². The summed E-state index contributed by atoms with van der Waals surface area (Å²) in [5, 5.41) is 4.56. The predicted octanol–water partition coefficient (Wildman–Crippen LogP) is 4.07. The highest BCUT2D eigenvalue weighted by molar-refractivity contribution is 7.89. The molecule has 1 N–H and O–H groups in total. The molecule has 2 aliphatic heterocycles. The number of nitrogens with one attached hydrogen (secondary N) is 1. The molecule has 3 heterocycles. The maximum absolute atomic E-state index is 13.5. The van der Waals surface area contributed by atoms with Gasteiger partial charge in [0, 0.05) is 75.4 Å². The number of para-hydroxylation sites is 1. The Morgan fingerprint density at radius 2 is 1.76 bits per heavy atom. The lowest BCUT2D eigenvalue weighted by Gasteiger charge is -2.35. The van der Waals surface area contributed by atoms with Crippen LogP contribution in [-0.2, 0) is 27.8 Å². The van der Waals surface area contributed by atoms with Crippen LogP contribution in [0.25, 0.3) is 22.0 Å². The molecule has 1 saturated heterocycles. The molecule has 1 aromatic heterocycles. The topological polar surface area (TPSA) is 102 Å². The lowest BCUT2D eigenvalue weighted by atomic mass is 10.00. The fraction of sp³-hybridized carbons (Fsp3) is 0.382. The second kappa shape index (κ2) is 12.8. The maximum atomic E-state index is 13.5. The number of fused-ring (bicyclic) bond motifs is 2. The Morgan fingerprint density at radius 3 is 2.51 bits per heavy atom. The molecule has 0 radical (unpaired) electrons. The Bertz CT molecular complexity index is 1820. The normalized spacial score (nSPS) is 16.7. The molecule has 4 aromatic rings. The van der Waals surface area contributed by atoms with E-state index in [1.165, 1.54) is 12.5 Å². The van der Waals surface area contributed by atoms with Gasteiger partial charge in [-0.1, -0.05) is 30.3 Å². The quantitative estimate of drug-likeness (QED) is 0.297. The minimum atomic E-state index is -3.61.